The van der Waals surface area contributed by atoms with Crippen molar-refractivity contribution in [2.45, 2.75) is 19.8 Å². The van der Waals surface area contributed by atoms with Gasteiger partial charge >= 0.3 is 6.09 Å². The van der Waals surface area contributed by atoms with E-state index in [-0.39, 0.29) is 0 Å². The topological polar surface area (TPSA) is 101 Å². The molecule has 2 N–H and O–H groups in total. The molecule has 0 saturated heterocycles. The van der Waals surface area contributed by atoms with Gasteiger partial charge in [0.2, 0.25) is 0 Å². The Kier molecular flexibility index (Phi) is 4.68. The van der Waals surface area contributed by atoms with E-state index >= 15 is 0 Å². The number of nitrogens with two attached hydrogens (primary N) is 1. The molecule has 138 valence electrons. The van der Waals surface area contributed by atoms with Crippen molar-refractivity contribution in [1.82, 2.24) is 24.3 Å². The number of para-hydroxylation sites is 1. The molecule has 0 spiro atoms. The van der Waals surface area contributed by atoms with Gasteiger partial charge in [-0.05, 0) is 35.1 Å². The van der Waals surface area contributed by atoms with E-state index in [1.165, 1.54) is 10.9 Å². The van der Waals surface area contributed by atoms with Crippen LogP contribution in [0.25, 0.3) is 27.6 Å². The number of benzene rings is 1. The number of unbranched alkanes of at least 4 members (excludes halogenated alkanes) is 1. The Labute approximate surface area is 168 Å². The number of nitrogens with zero attached hydrogens (tertiary/aromatic N) is 5. The van der Waals surface area contributed by atoms with Gasteiger partial charge in [0.15, 0.2) is 5.65 Å². The molecule has 4 aromatic rings. The zero-order chi connectivity index (χ0) is 19.0. The fourth-order valence-electron chi connectivity index (χ4n) is 2.96. The smallest absolute Gasteiger partial charge is 0.418 e. The van der Waals surface area contributed by atoms with Crippen LogP contribution in [0.1, 0.15) is 19.8 Å². The summed E-state index contributed by atoms with van der Waals surface area (Å²) >= 11 is 2.11. The third kappa shape index (κ3) is 3.01. The predicted octanol–water partition coefficient (Wildman–Crippen LogP) is 3.74. The molecular weight excluding hydrogens is 459 g/mol. The first-order valence-corrected chi connectivity index (χ1v) is 9.62. The molecule has 0 radical (unpaired) electrons. The Morgan fingerprint density at radius 3 is 2.93 bits per heavy atom. The van der Waals surface area contributed by atoms with Gasteiger partial charge in [-0.1, -0.05) is 31.5 Å². The molecule has 3 aromatic heterocycles. The molecule has 0 saturated carbocycles. The van der Waals surface area contributed by atoms with Gasteiger partial charge < -0.3 is 10.5 Å². The summed E-state index contributed by atoms with van der Waals surface area (Å²) in [5, 5.41) is 6.13. The first-order chi connectivity index (χ1) is 13.1. The summed E-state index contributed by atoms with van der Waals surface area (Å²) in [4.78, 5) is 20.9. The lowest BCUT2D eigenvalue weighted by Gasteiger charge is -2.05. The number of hydrogen-bond acceptors (Lipinski definition) is 6. The van der Waals surface area contributed by atoms with Crippen LogP contribution in [0.15, 0.2) is 36.8 Å². The third-order valence-corrected chi connectivity index (χ3v) is 5.05. The van der Waals surface area contributed by atoms with Crippen LogP contribution >= 0.6 is 22.6 Å². The van der Waals surface area contributed by atoms with Crippen LogP contribution in [0.4, 0.5) is 10.6 Å². The van der Waals surface area contributed by atoms with Gasteiger partial charge in [-0.2, -0.15) is 5.10 Å². The van der Waals surface area contributed by atoms with Gasteiger partial charge in [-0.3, -0.25) is 4.57 Å². The Morgan fingerprint density at radius 2 is 2.11 bits per heavy atom. The van der Waals surface area contributed by atoms with Gasteiger partial charge in [0.1, 0.15) is 15.8 Å². The summed E-state index contributed by atoms with van der Waals surface area (Å²) in [6, 6.07) is 7.61. The van der Waals surface area contributed by atoms with Crippen LogP contribution in [0.3, 0.4) is 0 Å². The quantitative estimate of drug-likeness (QED) is 0.356. The number of fused-ring (bicyclic) bond motifs is 2. The van der Waals surface area contributed by atoms with Gasteiger partial charge in [0, 0.05) is 11.6 Å². The lowest BCUT2D eigenvalue weighted by molar-refractivity contribution is 0.147. The van der Waals surface area contributed by atoms with Crippen molar-refractivity contribution in [3.63, 3.8) is 0 Å². The first kappa shape index (κ1) is 17.7. The molecule has 0 aliphatic carbocycles. The highest BCUT2D eigenvalue weighted by molar-refractivity contribution is 14.1. The van der Waals surface area contributed by atoms with Crippen molar-refractivity contribution < 1.29 is 9.53 Å². The largest absolute Gasteiger partial charge is 0.449 e. The molecule has 0 atom stereocenters. The number of ether oxygens (including phenoxy) is 1. The summed E-state index contributed by atoms with van der Waals surface area (Å²) in [6.07, 6.45) is 4.51. The van der Waals surface area contributed by atoms with Crippen molar-refractivity contribution in [3.05, 3.63) is 40.5 Å². The summed E-state index contributed by atoms with van der Waals surface area (Å²) in [7, 11) is 0. The van der Waals surface area contributed by atoms with Crippen molar-refractivity contribution in [2.24, 2.45) is 0 Å². The number of carbonyl (C=O) groups is 1. The highest BCUT2D eigenvalue weighted by atomic mass is 127. The number of halogens is 1. The normalized spacial score (nSPS) is 11.3. The molecule has 0 aliphatic rings. The molecule has 0 aliphatic heterocycles. The van der Waals surface area contributed by atoms with E-state index < -0.39 is 6.09 Å². The second-order valence-electron chi connectivity index (χ2n) is 6.03. The van der Waals surface area contributed by atoms with E-state index in [1.54, 1.807) is 10.9 Å². The second kappa shape index (κ2) is 7.14. The second-order valence-corrected chi connectivity index (χ2v) is 7.05. The summed E-state index contributed by atoms with van der Waals surface area (Å²) in [5.41, 5.74) is 8.06. The van der Waals surface area contributed by atoms with Crippen molar-refractivity contribution >= 4 is 56.4 Å². The molecule has 9 heteroatoms. The fraction of sp³-hybridized carbons (Fsp3) is 0.222. The lowest BCUT2D eigenvalue weighted by Crippen LogP contribution is -2.13. The number of hydrogen-bond donors (Lipinski definition) is 1. The molecule has 0 unspecified atom stereocenters. The monoisotopic (exact) mass is 476 g/mol. The summed E-state index contributed by atoms with van der Waals surface area (Å²) < 4.78 is 9.28. The molecule has 3 heterocycles. The predicted molar refractivity (Wildman–Crippen MR) is 111 cm³/mol. The van der Waals surface area contributed by atoms with E-state index in [4.69, 9.17) is 10.5 Å². The van der Waals surface area contributed by atoms with E-state index in [0.717, 1.165) is 29.4 Å². The standard InChI is InChI=1S/C18H17IN6O2/c1-2-3-8-27-18(26)24-9-13(11-6-4-5-7-12(11)24)25-17-14(15(19)23-25)16(20)21-10-22-17/h4-7,9-10H,2-3,8H2,1H3,(H2,20,21,22). The van der Waals surface area contributed by atoms with E-state index in [1.807, 2.05) is 24.3 Å². The van der Waals surface area contributed by atoms with Gasteiger partial charge in [-0.15, -0.1) is 0 Å². The van der Waals surface area contributed by atoms with Crippen LogP contribution in [0, 0.1) is 3.70 Å². The molecule has 27 heavy (non-hydrogen) atoms. The Bertz CT molecular complexity index is 1150. The minimum atomic E-state index is -0.411. The van der Waals surface area contributed by atoms with Crippen LogP contribution in [0.2, 0.25) is 0 Å². The minimum absolute atomic E-state index is 0.373. The number of anilines is 1. The lowest BCUT2D eigenvalue weighted by atomic mass is 10.2. The zero-order valence-corrected chi connectivity index (χ0v) is 16.8. The van der Waals surface area contributed by atoms with Crippen LogP contribution in [0.5, 0.6) is 0 Å². The molecule has 1 aromatic carbocycles. The van der Waals surface area contributed by atoms with Crippen LogP contribution in [-0.4, -0.2) is 37.0 Å². The maximum absolute atomic E-state index is 12.6. The van der Waals surface area contributed by atoms with Gasteiger partial charge in [-0.25, -0.2) is 19.4 Å². The van der Waals surface area contributed by atoms with Crippen molar-refractivity contribution in [3.8, 4) is 5.69 Å². The van der Waals surface area contributed by atoms with Gasteiger partial charge in [0.05, 0.1) is 23.2 Å². The highest BCUT2D eigenvalue weighted by Crippen LogP contribution is 2.30. The van der Waals surface area contributed by atoms with E-state index in [0.29, 0.717) is 27.2 Å². The molecular formula is C18H17IN6O2. The van der Waals surface area contributed by atoms with Crippen molar-refractivity contribution in [2.75, 3.05) is 12.3 Å². The van der Waals surface area contributed by atoms with Gasteiger partial charge in [0.25, 0.3) is 0 Å². The molecule has 0 fully saturated rings. The molecule has 8 nitrogen and oxygen atoms in total. The Morgan fingerprint density at radius 1 is 1.30 bits per heavy atom. The van der Waals surface area contributed by atoms with Crippen LogP contribution < -0.4 is 5.73 Å². The van der Waals surface area contributed by atoms with E-state index in [2.05, 4.69) is 44.6 Å². The number of rotatable bonds is 4. The van der Waals surface area contributed by atoms with E-state index in [9.17, 15) is 4.79 Å². The average Bonchev–Trinajstić information content (AvgIpc) is 3.21. The molecule has 0 amide bonds. The number of aromatic nitrogens is 5. The number of carbonyl (C=O) groups excluding carboxylic acids is 1. The maximum Gasteiger partial charge on any atom is 0.418 e. The SMILES string of the molecule is CCCCOC(=O)n1cc(-n2nc(I)c3c(N)ncnc32)c2ccccc21. The summed E-state index contributed by atoms with van der Waals surface area (Å²) in [6.45, 7) is 2.44. The maximum atomic E-state index is 12.6. The fourth-order valence-corrected chi connectivity index (χ4v) is 3.69. The first-order valence-electron chi connectivity index (χ1n) is 8.54. The van der Waals surface area contributed by atoms with Crippen molar-refractivity contribution in [1.29, 1.82) is 0 Å². The Hall–Kier alpha value is -2.69. The minimum Gasteiger partial charge on any atom is -0.449 e. The number of nitrogen functional groups attached to an aromatic ring is 1. The zero-order valence-electron chi connectivity index (χ0n) is 14.6. The highest BCUT2D eigenvalue weighted by Gasteiger charge is 2.20. The summed E-state index contributed by atoms with van der Waals surface area (Å²) in [5.74, 6) is 0.373. The van der Waals surface area contributed by atoms with Crippen LogP contribution in [-0.2, 0) is 4.74 Å². The molecule has 0 bridgehead atoms. The Balaban J connectivity index is 1.89. The third-order valence-electron chi connectivity index (χ3n) is 4.29. The average molecular weight is 476 g/mol. The molecule has 4 rings (SSSR count).